The van der Waals surface area contributed by atoms with Crippen molar-refractivity contribution in [3.8, 4) is 5.75 Å². The summed E-state index contributed by atoms with van der Waals surface area (Å²) in [4.78, 5) is 25.2. The summed E-state index contributed by atoms with van der Waals surface area (Å²) in [6.45, 7) is 0.255. The lowest BCUT2D eigenvalue weighted by Crippen LogP contribution is -2.25. The van der Waals surface area contributed by atoms with Crippen LogP contribution < -0.4 is 15.4 Å². The number of carbonyl (C=O) groups is 2. The minimum Gasteiger partial charge on any atom is -0.470 e. The van der Waals surface area contributed by atoms with Crippen LogP contribution in [0, 0.1) is 0 Å². The summed E-state index contributed by atoms with van der Waals surface area (Å²) in [5.74, 6) is 0.139. The second-order valence-corrected chi connectivity index (χ2v) is 8.19. The van der Waals surface area contributed by atoms with Crippen molar-refractivity contribution in [2.75, 3.05) is 5.32 Å². The zero-order valence-corrected chi connectivity index (χ0v) is 19.6. The molecule has 4 aromatic rings. The molecule has 33 heavy (non-hydrogen) atoms. The van der Waals surface area contributed by atoms with E-state index in [4.69, 9.17) is 20.8 Å². The molecule has 1 aromatic carbocycles. The van der Waals surface area contributed by atoms with Gasteiger partial charge < -0.3 is 19.8 Å². The van der Waals surface area contributed by atoms with Crippen molar-refractivity contribution in [2.45, 2.75) is 13.3 Å². The first-order valence-electron chi connectivity index (χ1n) is 9.66. The van der Waals surface area contributed by atoms with Crippen LogP contribution in [0.3, 0.4) is 0 Å². The van der Waals surface area contributed by atoms with E-state index in [0.717, 1.165) is 4.47 Å². The smallest absolute Gasteiger partial charge is 0.276 e. The number of amides is 2. The number of nitrogens with one attached hydrogen (secondary N) is 2. The summed E-state index contributed by atoms with van der Waals surface area (Å²) < 4.78 is 14.6. The summed E-state index contributed by atoms with van der Waals surface area (Å²) in [5.41, 5.74) is 0.475. The highest BCUT2D eigenvalue weighted by molar-refractivity contribution is 9.10. The molecule has 2 amide bonds. The van der Waals surface area contributed by atoms with Gasteiger partial charge in [0.1, 0.15) is 11.5 Å². The van der Waals surface area contributed by atoms with Crippen LogP contribution in [0.15, 0.2) is 63.9 Å². The van der Waals surface area contributed by atoms with Crippen LogP contribution in [0.5, 0.6) is 5.75 Å². The second kappa shape index (κ2) is 9.92. The van der Waals surface area contributed by atoms with Gasteiger partial charge in [0.2, 0.25) is 0 Å². The van der Waals surface area contributed by atoms with Crippen LogP contribution in [-0.2, 0) is 20.3 Å². The Morgan fingerprint density at radius 1 is 1.21 bits per heavy atom. The molecule has 0 aliphatic rings. The van der Waals surface area contributed by atoms with Gasteiger partial charge >= 0.3 is 0 Å². The second-order valence-electron chi connectivity index (χ2n) is 6.87. The molecule has 0 atom stereocenters. The van der Waals surface area contributed by atoms with Gasteiger partial charge in [-0.25, -0.2) is 4.68 Å². The van der Waals surface area contributed by atoms with Crippen molar-refractivity contribution in [3.63, 3.8) is 0 Å². The number of anilines is 1. The molecule has 3 aromatic heterocycles. The SMILES string of the molecule is Cn1cc(NC(=O)c2ccn(COc3ccc(Br)cc3Cl)n2)c(C(=O)NCc2ccco2)n1. The molecule has 0 saturated carbocycles. The molecule has 0 saturated heterocycles. The van der Waals surface area contributed by atoms with Crippen LogP contribution in [0.4, 0.5) is 5.69 Å². The molecule has 0 spiro atoms. The van der Waals surface area contributed by atoms with Crippen LogP contribution in [0.2, 0.25) is 5.02 Å². The molecular weight excluding hydrogens is 516 g/mol. The molecule has 170 valence electrons. The maximum atomic E-state index is 12.7. The third-order valence-electron chi connectivity index (χ3n) is 4.41. The summed E-state index contributed by atoms with van der Waals surface area (Å²) in [5, 5.41) is 14.2. The molecule has 0 unspecified atom stereocenters. The van der Waals surface area contributed by atoms with E-state index in [1.165, 1.54) is 27.9 Å². The highest BCUT2D eigenvalue weighted by Gasteiger charge is 2.20. The Morgan fingerprint density at radius 2 is 2.06 bits per heavy atom. The highest BCUT2D eigenvalue weighted by atomic mass is 79.9. The summed E-state index contributed by atoms with van der Waals surface area (Å²) in [6.07, 6.45) is 4.66. The normalized spacial score (nSPS) is 10.8. The highest BCUT2D eigenvalue weighted by Crippen LogP contribution is 2.27. The molecule has 10 nitrogen and oxygen atoms in total. The van der Waals surface area contributed by atoms with Gasteiger partial charge in [0.05, 0.1) is 23.5 Å². The van der Waals surface area contributed by atoms with E-state index in [2.05, 4.69) is 36.8 Å². The number of aryl methyl sites for hydroxylation is 1. The predicted octanol–water partition coefficient (Wildman–Crippen LogP) is 3.84. The fourth-order valence-electron chi connectivity index (χ4n) is 2.88. The quantitative estimate of drug-likeness (QED) is 0.355. The van der Waals surface area contributed by atoms with E-state index in [9.17, 15) is 9.59 Å². The number of furan rings is 1. The number of hydrogen-bond acceptors (Lipinski definition) is 6. The number of ether oxygens (including phenoxy) is 1. The predicted molar refractivity (Wildman–Crippen MR) is 123 cm³/mol. The molecule has 12 heteroatoms. The zero-order chi connectivity index (χ0) is 23.4. The van der Waals surface area contributed by atoms with Crippen molar-refractivity contribution < 1.29 is 18.7 Å². The molecule has 2 N–H and O–H groups in total. The molecule has 3 heterocycles. The van der Waals surface area contributed by atoms with E-state index in [1.807, 2.05) is 0 Å². The van der Waals surface area contributed by atoms with Crippen LogP contribution in [0.1, 0.15) is 26.7 Å². The van der Waals surface area contributed by atoms with Gasteiger partial charge in [-0.3, -0.25) is 14.3 Å². The topological polar surface area (TPSA) is 116 Å². The standard InChI is InChI=1S/C21H18BrClN6O4/c1-28-11-17(19(27-28)21(31)24-10-14-3-2-8-32-14)25-20(30)16-6-7-29(26-16)12-33-18-5-4-13(22)9-15(18)23/h2-9,11H,10,12H2,1H3,(H,24,31)(H,25,30). The molecule has 0 radical (unpaired) electrons. The van der Waals surface area contributed by atoms with Gasteiger partial charge in [-0.05, 0) is 36.4 Å². The van der Waals surface area contributed by atoms with E-state index in [-0.39, 0.29) is 30.4 Å². The molecular formula is C21H18BrClN6O4. The van der Waals surface area contributed by atoms with Gasteiger partial charge in [-0.2, -0.15) is 10.2 Å². The molecule has 0 aliphatic carbocycles. The van der Waals surface area contributed by atoms with Crippen molar-refractivity contribution in [3.05, 3.63) is 81.7 Å². The molecule has 0 fully saturated rings. The summed E-state index contributed by atoms with van der Waals surface area (Å²) in [7, 11) is 1.65. The lowest BCUT2D eigenvalue weighted by atomic mass is 10.3. The maximum absolute atomic E-state index is 12.7. The summed E-state index contributed by atoms with van der Waals surface area (Å²) in [6, 6.07) is 10.3. The number of halogens is 2. The Bertz CT molecular complexity index is 1280. The maximum Gasteiger partial charge on any atom is 0.276 e. The van der Waals surface area contributed by atoms with Gasteiger partial charge in [0.15, 0.2) is 18.1 Å². The van der Waals surface area contributed by atoms with E-state index in [1.54, 1.807) is 43.6 Å². The van der Waals surface area contributed by atoms with E-state index in [0.29, 0.717) is 16.5 Å². The van der Waals surface area contributed by atoms with E-state index < -0.39 is 11.8 Å². The Balaban J connectivity index is 1.38. The number of nitrogens with zero attached hydrogens (tertiary/aromatic N) is 4. The van der Waals surface area contributed by atoms with E-state index >= 15 is 0 Å². The van der Waals surface area contributed by atoms with Gasteiger partial charge in [-0.1, -0.05) is 27.5 Å². The lowest BCUT2D eigenvalue weighted by molar-refractivity contribution is 0.0943. The number of carbonyl (C=O) groups excluding carboxylic acids is 2. The Labute approximate surface area is 201 Å². The van der Waals surface area contributed by atoms with Gasteiger partial charge in [0.25, 0.3) is 11.8 Å². The number of rotatable bonds is 8. The average molecular weight is 534 g/mol. The van der Waals surface area contributed by atoms with Crippen molar-refractivity contribution in [1.82, 2.24) is 24.9 Å². The van der Waals surface area contributed by atoms with Crippen LogP contribution in [-0.4, -0.2) is 31.4 Å². The third-order valence-corrected chi connectivity index (χ3v) is 5.20. The summed E-state index contributed by atoms with van der Waals surface area (Å²) >= 11 is 9.48. The average Bonchev–Trinajstić information content (AvgIpc) is 3.53. The largest absolute Gasteiger partial charge is 0.470 e. The number of hydrogen-bond donors (Lipinski definition) is 2. The fraction of sp³-hybridized carbons (Fsp3) is 0.143. The first-order chi connectivity index (χ1) is 15.9. The number of aromatic nitrogens is 4. The Hall–Kier alpha value is -3.57. The van der Waals surface area contributed by atoms with Crippen LogP contribution in [0.25, 0.3) is 0 Å². The molecule has 0 aliphatic heterocycles. The van der Waals surface area contributed by atoms with Crippen molar-refractivity contribution >= 4 is 45.0 Å². The van der Waals surface area contributed by atoms with Gasteiger partial charge in [0, 0.05) is 23.9 Å². The zero-order valence-electron chi connectivity index (χ0n) is 17.3. The molecule has 4 rings (SSSR count). The number of benzene rings is 1. The molecule has 0 bridgehead atoms. The van der Waals surface area contributed by atoms with Gasteiger partial charge in [-0.15, -0.1) is 0 Å². The van der Waals surface area contributed by atoms with Crippen LogP contribution >= 0.6 is 27.5 Å². The Morgan fingerprint density at radius 3 is 2.82 bits per heavy atom. The minimum absolute atomic E-state index is 0.0575. The van der Waals surface area contributed by atoms with Crippen molar-refractivity contribution in [2.24, 2.45) is 7.05 Å². The fourth-order valence-corrected chi connectivity index (χ4v) is 3.61. The first kappa shape index (κ1) is 22.6. The van der Waals surface area contributed by atoms with Crippen molar-refractivity contribution in [1.29, 1.82) is 0 Å². The Kier molecular flexibility index (Phi) is 6.80. The first-order valence-corrected chi connectivity index (χ1v) is 10.8. The lowest BCUT2D eigenvalue weighted by Gasteiger charge is -2.08. The minimum atomic E-state index is -0.497. The third kappa shape index (κ3) is 5.62. The monoisotopic (exact) mass is 532 g/mol.